The topological polar surface area (TPSA) is 116 Å². The van der Waals surface area contributed by atoms with Crippen LogP contribution in [0.4, 0.5) is 11.5 Å². The van der Waals surface area contributed by atoms with E-state index in [1.54, 1.807) is 43.4 Å². The largest absolute Gasteiger partial charge is 0.497 e. The number of carbonyl (C=O) groups is 1. The van der Waals surface area contributed by atoms with E-state index >= 15 is 0 Å². The summed E-state index contributed by atoms with van der Waals surface area (Å²) in [5.41, 5.74) is 4.79. The van der Waals surface area contributed by atoms with E-state index < -0.39 is 0 Å². The lowest BCUT2D eigenvalue weighted by Gasteiger charge is -2.16. The molecule has 0 spiro atoms. The van der Waals surface area contributed by atoms with Gasteiger partial charge in [-0.2, -0.15) is 0 Å². The number of aromatic nitrogens is 5. The first-order valence-corrected chi connectivity index (χ1v) is 12.5. The molecule has 0 aliphatic rings. The molecule has 10 heteroatoms. The van der Waals surface area contributed by atoms with Gasteiger partial charge in [-0.15, -0.1) is 0 Å². The van der Waals surface area contributed by atoms with Crippen molar-refractivity contribution in [2.24, 2.45) is 7.05 Å². The molecule has 2 aromatic carbocycles. The van der Waals surface area contributed by atoms with Crippen LogP contribution in [-0.4, -0.2) is 37.1 Å². The second-order valence-corrected chi connectivity index (χ2v) is 9.37. The lowest BCUT2D eigenvalue weighted by atomic mass is 10.1. The Morgan fingerprint density at radius 2 is 1.85 bits per heavy atom. The third-order valence-electron chi connectivity index (χ3n) is 6.47. The van der Waals surface area contributed by atoms with Crippen LogP contribution >= 0.6 is 0 Å². The summed E-state index contributed by atoms with van der Waals surface area (Å²) < 4.78 is 8.32. The van der Waals surface area contributed by atoms with Crippen LogP contribution in [-0.2, 0) is 13.6 Å². The Bertz CT molecular complexity index is 1710. The first-order valence-electron chi connectivity index (χ1n) is 12.5. The van der Waals surface area contributed by atoms with Gasteiger partial charge in [-0.25, -0.2) is 14.8 Å². The summed E-state index contributed by atoms with van der Waals surface area (Å²) in [5.74, 6) is 1.07. The second kappa shape index (κ2) is 10.8. The summed E-state index contributed by atoms with van der Waals surface area (Å²) in [6.45, 7) is 4.26. The summed E-state index contributed by atoms with van der Waals surface area (Å²) in [7, 11) is 3.30. The van der Waals surface area contributed by atoms with Crippen molar-refractivity contribution < 1.29 is 9.53 Å². The van der Waals surface area contributed by atoms with Gasteiger partial charge in [-0.3, -0.25) is 18.9 Å². The molecule has 198 valence electrons. The van der Waals surface area contributed by atoms with E-state index in [0.29, 0.717) is 34.9 Å². The minimum absolute atomic E-state index is 0.146. The average Bonchev–Trinajstić information content (AvgIpc) is 3.18. The van der Waals surface area contributed by atoms with E-state index in [9.17, 15) is 9.59 Å². The molecule has 3 heterocycles. The van der Waals surface area contributed by atoms with Crippen molar-refractivity contribution in [3.63, 3.8) is 0 Å². The van der Waals surface area contributed by atoms with Crippen LogP contribution in [0, 0.1) is 6.92 Å². The van der Waals surface area contributed by atoms with Gasteiger partial charge in [-0.1, -0.05) is 24.3 Å². The predicted molar refractivity (Wildman–Crippen MR) is 150 cm³/mol. The van der Waals surface area contributed by atoms with E-state index in [1.807, 2.05) is 62.4 Å². The molecule has 1 unspecified atom stereocenters. The van der Waals surface area contributed by atoms with Crippen molar-refractivity contribution in [3.8, 4) is 5.75 Å². The van der Waals surface area contributed by atoms with Crippen LogP contribution in [0.25, 0.3) is 11.3 Å². The number of hydrogen-bond donors (Lipinski definition) is 2. The highest BCUT2D eigenvalue weighted by Gasteiger charge is 2.16. The summed E-state index contributed by atoms with van der Waals surface area (Å²) in [4.78, 5) is 39.0. The first-order chi connectivity index (χ1) is 18.8. The van der Waals surface area contributed by atoms with E-state index in [4.69, 9.17) is 4.74 Å². The van der Waals surface area contributed by atoms with Gasteiger partial charge in [0.1, 0.15) is 11.6 Å². The fourth-order valence-corrected chi connectivity index (χ4v) is 4.35. The standard InChI is InChI=1S/C29H29N7O3/c1-18-12-22(15-30-14-18)28(37)33-23-7-5-6-21(13-23)19(2)32-25-16-31-26-27(34-25)35(3)29(38)36(26)17-20-8-10-24(39-4)11-9-20/h5-16,19H,17H2,1-4H3,(H,32,34)(H,33,37). The fourth-order valence-electron chi connectivity index (χ4n) is 4.35. The SMILES string of the molecule is COc1ccc(Cn2c(=O)n(C)c3nc(NC(C)c4cccc(NC(=O)c5cncc(C)c5)c4)cnc32)cc1. The highest BCUT2D eigenvalue weighted by molar-refractivity contribution is 6.04. The number of anilines is 2. The molecule has 0 bridgehead atoms. The summed E-state index contributed by atoms with van der Waals surface area (Å²) in [6, 6.07) is 16.8. The van der Waals surface area contributed by atoms with Gasteiger partial charge in [-0.05, 0) is 60.9 Å². The smallest absolute Gasteiger partial charge is 0.331 e. The molecule has 0 radical (unpaired) electrons. The molecule has 3 aromatic heterocycles. The Morgan fingerprint density at radius 1 is 1.05 bits per heavy atom. The molecule has 0 aliphatic heterocycles. The zero-order valence-corrected chi connectivity index (χ0v) is 22.2. The Labute approximate surface area is 225 Å². The molecule has 2 N–H and O–H groups in total. The number of amides is 1. The van der Waals surface area contributed by atoms with Gasteiger partial charge in [0.25, 0.3) is 5.91 Å². The Balaban J connectivity index is 1.33. The molecule has 10 nitrogen and oxygen atoms in total. The maximum absolute atomic E-state index is 13.0. The van der Waals surface area contributed by atoms with Crippen molar-refractivity contribution in [1.82, 2.24) is 24.1 Å². The highest BCUT2D eigenvalue weighted by atomic mass is 16.5. The number of nitrogens with one attached hydrogen (secondary N) is 2. The van der Waals surface area contributed by atoms with Gasteiger partial charge in [0.05, 0.1) is 31.5 Å². The molecule has 39 heavy (non-hydrogen) atoms. The Morgan fingerprint density at radius 3 is 2.59 bits per heavy atom. The minimum atomic E-state index is -0.222. The van der Waals surface area contributed by atoms with Crippen LogP contribution in [0.3, 0.4) is 0 Å². The zero-order valence-electron chi connectivity index (χ0n) is 22.2. The van der Waals surface area contributed by atoms with Crippen molar-refractivity contribution in [2.45, 2.75) is 26.4 Å². The van der Waals surface area contributed by atoms with Gasteiger partial charge >= 0.3 is 5.69 Å². The number of rotatable bonds is 8. The van der Waals surface area contributed by atoms with E-state index in [1.165, 1.54) is 4.57 Å². The molecular weight excluding hydrogens is 494 g/mol. The molecule has 5 aromatic rings. The average molecular weight is 524 g/mol. The number of imidazole rings is 1. The molecule has 1 amide bonds. The van der Waals surface area contributed by atoms with Crippen LogP contribution in [0.1, 0.15) is 40.0 Å². The summed E-state index contributed by atoms with van der Waals surface area (Å²) in [5, 5.41) is 6.28. The predicted octanol–water partition coefficient (Wildman–Crippen LogP) is 4.32. The number of ether oxygens (including phenoxy) is 1. The van der Waals surface area contributed by atoms with Crippen molar-refractivity contribution >= 4 is 28.7 Å². The van der Waals surface area contributed by atoms with Crippen molar-refractivity contribution in [2.75, 3.05) is 17.7 Å². The molecular formula is C29H29N7O3. The van der Waals surface area contributed by atoms with Crippen LogP contribution in [0.5, 0.6) is 5.75 Å². The van der Waals surface area contributed by atoms with Crippen LogP contribution in [0.2, 0.25) is 0 Å². The van der Waals surface area contributed by atoms with Gasteiger partial charge < -0.3 is 15.4 Å². The first kappa shape index (κ1) is 25.7. The lowest BCUT2D eigenvalue weighted by Crippen LogP contribution is -2.22. The van der Waals surface area contributed by atoms with Crippen LogP contribution in [0.15, 0.2) is 78.0 Å². The summed E-state index contributed by atoms with van der Waals surface area (Å²) in [6.07, 6.45) is 4.88. The van der Waals surface area contributed by atoms with E-state index in [0.717, 1.165) is 22.4 Å². The van der Waals surface area contributed by atoms with Gasteiger partial charge in [0, 0.05) is 25.1 Å². The van der Waals surface area contributed by atoms with Gasteiger partial charge in [0.15, 0.2) is 11.3 Å². The highest BCUT2D eigenvalue weighted by Crippen LogP contribution is 2.22. The van der Waals surface area contributed by atoms with Gasteiger partial charge in [0.2, 0.25) is 0 Å². The van der Waals surface area contributed by atoms with E-state index in [-0.39, 0.29) is 17.6 Å². The number of nitrogens with zero attached hydrogens (tertiary/aromatic N) is 5. The van der Waals surface area contributed by atoms with Crippen molar-refractivity contribution in [1.29, 1.82) is 0 Å². The molecule has 5 rings (SSSR count). The fraction of sp³-hybridized carbons (Fsp3) is 0.207. The third-order valence-corrected chi connectivity index (χ3v) is 6.47. The Kier molecular flexibility index (Phi) is 7.09. The van der Waals surface area contributed by atoms with Crippen LogP contribution < -0.4 is 21.1 Å². The number of aryl methyl sites for hydroxylation is 2. The minimum Gasteiger partial charge on any atom is -0.497 e. The number of pyridine rings is 1. The number of carbonyl (C=O) groups excluding carboxylic acids is 1. The molecule has 0 saturated heterocycles. The maximum atomic E-state index is 13.0. The summed E-state index contributed by atoms with van der Waals surface area (Å²) >= 11 is 0. The molecule has 0 fully saturated rings. The lowest BCUT2D eigenvalue weighted by molar-refractivity contribution is 0.102. The monoisotopic (exact) mass is 523 g/mol. The van der Waals surface area contributed by atoms with Crippen molar-refractivity contribution in [3.05, 3.63) is 106 Å². The number of methoxy groups -OCH3 is 1. The normalized spacial score (nSPS) is 11.8. The molecule has 1 atom stereocenters. The number of benzene rings is 2. The molecule has 0 aliphatic carbocycles. The second-order valence-electron chi connectivity index (χ2n) is 9.37. The molecule has 0 saturated carbocycles. The third kappa shape index (κ3) is 5.49. The number of fused-ring (bicyclic) bond motifs is 1. The maximum Gasteiger partial charge on any atom is 0.331 e. The van der Waals surface area contributed by atoms with E-state index in [2.05, 4.69) is 25.6 Å². The zero-order chi connectivity index (χ0) is 27.5. The quantitative estimate of drug-likeness (QED) is 0.311. The number of hydrogen-bond acceptors (Lipinski definition) is 7. The Hall–Kier alpha value is -4.99.